The predicted octanol–water partition coefficient (Wildman–Crippen LogP) is 0.965. The number of carbonyl (C=O) groups excluding carboxylic acids is 2. The summed E-state index contributed by atoms with van der Waals surface area (Å²) in [5, 5.41) is 11.7. The molecule has 0 radical (unpaired) electrons. The van der Waals surface area contributed by atoms with Crippen molar-refractivity contribution in [3.63, 3.8) is 0 Å². The molecule has 1 atom stereocenters. The zero-order valence-corrected chi connectivity index (χ0v) is 13.1. The van der Waals surface area contributed by atoms with E-state index in [-0.39, 0.29) is 30.6 Å². The molecule has 0 fully saturated rings. The first kappa shape index (κ1) is 16.7. The first-order valence-corrected chi connectivity index (χ1v) is 7.30. The van der Waals surface area contributed by atoms with Crippen LogP contribution in [0.5, 0.6) is 0 Å². The molecule has 0 saturated carbocycles. The van der Waals surface area contributed by atoms with E-state index in [1.165, 1.54) is 11.2 Å². The van der Waals surface area contributed by atoms with Gasteiger partial charge >= 0.3 is 0 Å². The van der Waals surface area contributed by atoms with Gasteiger partial charge in [-0.3, -0.25) is 9.59 Å². The molecule has 3 N–H and O–H groups in total. The topological polar surface area (TPSA) is 98.3 Å². The first-order valence-electron chi connectivity index (χ1n) is 7.30. The number of rotatable bonds is 6. The van der Waals surface area contributed by atoms with E-state index in [0.29, 0.717) is 0 Å². The van der Waals surface area contributed by atoms with Gasteiger partial charge in [0.05, 0.1) is 19.0 Å². The van der Waals surface area contributed by atoms with E-state index < -0.39 is 11.8 Å². The second-order valence-electron chi connectivity index (χ2n) is 5.18. The molecule has 2 amide bonds. The summed E-state index contributed by atoms with van der Waals surface area (Å²) in [5.41, 5.74) is 1.11. The number of aliphatic hydroxyl groups is 1. The third-order valence-electron chi connectivity index (χ3n) is 3.50. The minimum atomic E-state index is -0.427. The number of carbonyl (C=O) groups is 2. The van der Waals surface area contributed by atoms with Crippen molar-refractivity contribution in [1.29, 1.82) is 0 Å². The zero-order chi connectivity index (χ0) is 16.8. The lowest BCUT2D eigenvalue weighted by molar-refractivity contribution is 0.0754. The fourth-order valence-electron chi connectivity index (χ4n) is 2.16. The van der Waals surface area contributed by atoms with E-state index in [2.05, 4.69) is 15.3 Å². The van der Waals surface area contributed by atoms with Crippen LogP contribution in [0, 0.1) is 0 Å². The Bertz CT molecular complexity index is 669. The van der Waals surface area contributed by atoms with Crippen LogP contribution in [0.3, 0.4) is 0 Å². The summed E-state index contributed by atoms with van der Waals surface area (Å²) in [7, 11) is 1.55. The number of hydrogen-bond donors (Lipinski definition) is 3. The molecular weight excluding hydrogens is 296 g/mol. The maximum absolute atomic E-state index is 12.4. The van der Waals surface area contributed by atoms with Crippen LogP contribution >= 0.6 is 0 Å². The highest BCUT2D eigenvalue weighted by Crippen LogP contribution is 2.13. The van der Waals surface area contributed by atoms with Crippen molar-refractivity contribution in [2.75, 3.05) is 20.2 Å². The van der Waals surface area contributed by atoms with Crippen molar-refractivity contribution in [3.05, 3.63) is 53.6 Å². The molecule has 1 aromatic heterocycles. The lowest BCUT2D eigenvalue weighted by Gasteiger charge is -2.16. The number of nitrogens with one attached hydrogen (secondary N) is 2. The number of H-pyrrole nitrogens is 1. The van der Waals surface area contributed by atoms with Gasteiger partial charge in [0.1, 0.15) is 5.69 Å². The molecule has 2 aromatic rings. The Hall–Kier alpha value is -2.67. The van der Waals surface area contributed by atoms with Crippen molar-refractivity contribution in [3.8, 4) is 0 Å². The van der Waals surface area contributed by atoms with Crippen molar-refractivity contribution in [1.82, 2.24) is 20.2 Å². The van der Waals surface area contributed by atoms with Gasteiger partial charge in [-0.05, 0) is 12.5 Å². The molecule has 0 bridgehead atoms. The summed E-state index contributed by atoms with van der Waals surface area (Å²) < 4.78 is 0. The minimum absolute atomic E-state index is 0.0440. The van der Waals surface area contributed by atoms with Gasteiger partial charge in [0.2, 0.25) is 0 Å². The third kappa shape index (κ3) is 3.95. The molecule has 0 saturated heterocycles. The van der Waals surface area contributed by atoms with Crippen LogP contribution in [0.25, 0.3) is 0 Å². The highest BCUT2D eigenvalue weighted by Gasteiger charge is 2.23. The highest BCUT2D eigenvalue weighted by atomic mass is 16.3. The second-order valence-corrected chi connectivity index (χ2v) is 5.18. The third-order valence-corrected chi connectivity index (χ3v) is 3.50. The number of likely N-dealkylation sites (N-methyl/N-ethyl adjacent to an activating group) is 1. The lowest BCUT2D eigenvalue weighted by atomic mass is 10.1. The number of hydrogen-bond acceptors (Lipinski definition) is 4. The van der Waals surface area contributed by atoms with E-state index in [9.17, 15) is 9.59 Å². The highest BCUT2D eigenvalue weighted by molar-refractivity contribution is 6.04. The van der Waals surface area contributed by atoms with Gasteiger partial charge in [-0.15, -0.1) is 0 Å². The van der Waals surface area contributed by atoms with E-state index in [0.717, 1.165) is 5.56 Å². The molecule has 23 heavy (non-hydrogen) atoms. The number of imidazole rings is 1. The molecule has 0 aliphatic rings. The number of aromatic amines is 1. The summed E-state index contributed by atoms with van der Waals surface area (Å²) in [5.74, 6) is -0.822. The Morgan fingerprint density at radius 1 is 1.35 bits per heavy atom. The van der Waals surface area contributed by atoms with Crippen molar-refractivity contribution in [2.24, 2.45) is 0 Å². The average Bonchev–Trinajstić information content (AvgIpc) is 3.04. The maximum Gasteiger partial charge on any atom is 0.272 e. The molecular formula is C16H20N4O3. The smallest absolute Gasteiger partial charge is 0.272 e. The van der Waals surface area contributed by atoms with E-state index in [1.807, 2.05) is 37.3 Å². The van der Waals surface area contributed by atoms with E-state index in [1.54, 1.807) is 7.05 Å². The van der Waals surface area contributed by atoms with Gasteiger partial charge in [0, 0.05) is 13.6 Å². The van der Waals surface area contributed by atoms with Crippen LogP contribution in [0.4, 0.5) is 0 Å². The summed E-state index contributed by atoms with van der Waals surface area (Å²) in [4.78, 5) is 32.6. The first-order chi connectivity index (χ1) is 11.0. The van der Waals surface area contributed by atoms with E-state index >= 15 is 0 Å². The van der Waals surface area contributed by atoms with Gasteiger partial charge in [-0.1, -0.05) is 30.3 Å². The Balaban J connectivity index is 2.12. The number of amides is 2. The average molecular weight is 316 g/mol. The van der Waals surface area contributed by atoms with Gasteiger partial charge in [0.15, 0.2) is 5.69 Å². The van der Waals surface area contributed by atoms with Crippen molar-refractivity contribution >= 4 is 11.8 Å². The molecule has 1 heterocycles. The summed E-state index contributed by atoms with van der Waals surface area (Å²) >= 11 is 0. The summed E-state index contributed by atoms with van der Waals surface area (Å²) in [6.45, 7) is 1.89. The fourth-order valence-corrected chi connectivity index (χ4v) is 2.16. The standard InChI is InChI=1S/C16H20N4O3/c1-11(12-6-4-3-5-7-12)19-15(22)13-14(18-10-17-13)16(23)20(2)8-9-21/h3-7,10-11,21H,8-9H2,1-2H3,(H,17,18)(H,19,22)/t11-/m0/s1. The van der Waals surface area contributed by atoms with Crippen LogP contribution < -0.4 is 5.32 Å². The monoisotopic (exact) mass is 316 g/mol. The Morgan fingerprint density at radius 3 is 2.70 bits per heavy atom. The largest absolute Gasteiger partial charge is 0.395 e. The number of aromatic nitrogens is 2. The zero-order valence-electron chi connectivity index (χ0n) is 13.1. The second kappa shape index (κ2) is 7.55. The molecule has 0 spiro atoms. The van der Waals surface area contributed by atoms with Crippen LogP contribution in [-0.2, 0) is 0 Å². The quantitative estimate of drug-likeness (QED) is 0.739. The molecule has 122 valence electrons. The normalized spacial score (nSPS) is 11.8. The van der Waals surface area contributed by atoms with E-state index in [4.69, 9.17) is 5.11 Å². The molecule has 0 aliphatic heterocycles. The molecule has 0 unspecified atom stereocenters. The number of aliphatic hydroxyl groups excluding tert-OH is 1. The van der Waals surface area contributed by atoms with Gasteiger partial charge in [-0.2, -0.15) is 0 Å². The van der Waals surface area contributed by atoms with Gasteiger partial charge in [-0.25, -0.2) is 4.98 Å². The van der Waals surface area contributed by atoms with Crippen molar-refractivity contribution < 1.29 is 14.7 Å². The number of benzene rings is 1. The van der Waals surface area contributed by atoms with Crippen LogP contribution in [0.1, 0.15) is 39.5 Å². The fraction of sp³-hybridized carbons (Fsp3) is 0.312. The Labute approximate surface area is 134 Å². The van der Waals surface area contributed by atoms with Crippen LogP contribution in [0.2, 0.25) is 0 Å². The van der Waals surface area contributed by atoms with Gasteiger partial charge < -0.3 is 20.3 Å². The van der Waals surface area contributed by atoms with Crippen LogP contribution in [0.15, 0.2) is 36.7 Å². The van der Waals surface area contributed by atoms with Crippen molar-refractivity contribution in [2.45, 2.75) is 13.0 Å². The lowest BCUT2D eigenvalue weighted by Crippen LogP contribution is -2.33. The number of nitrogens with zero attached hydrogens (tertiary/aromatic N) is 2. The molecule has 7 nitrogen and oxygen atoms in total. The molecule has 7 heteroatoms. The Kier molecular flexibility index (Phi) is 5.48. The summed E-state index contributed by atoms with van der Waals surface area (Å²) in [6.07, 6.45) is 1.31. The maximum atomic E-state index is 12.4. The summed E-state index contributed by atoms with van der Waals surface area (Å²) in [6, 6.07) is 9.31. The predicted molar refractivity (Wildman–Crippen MR) is 85.0 cm³/mol. The van der Waals surface area contributed by atoms with Crippen LogP contribution in [-0.4, -0.2) is 52.0 Å². The molecule has 1 aromatic carbocycles. The minimum Gasteiger partial charge on any atom is -0.395 e. The SMILES string of the molecule is C[C@H](NC(=O)c1nc[nH]c1C(=O)N(C)CCO)c1ccccc1. The van der Waals surface area contributed by atoms with Gasteiger partial charge in [0.25, 0.3) is 11.8 Å². The molecule has 2 rings (SSSR count). The molecule has 0 aliphatic carbocycles. The Morgan fingerprint density at radius 2 is 2.04 bits per heavy atom.